The first kappa shape index (κ1) is 7.28. The summed E-state index contributed by atoms with van der Waals surface area (Å²) in [7, 11) is 0. The molecule has 0 bridgehead atoms. The van der Waals surface area contributed by atoms with Crippen molar-refractivity contribution >= 4 is 11.5 Å². The van der Waals surface area contributed by atoms with E-state index in [1.807, 2.05) is 6.92 Å². The Labute approximate surface area is 70.4 Å². The molecule has 0 saturated heterocycles. The zero-order valence-corrected chi connectivity index (χ0v) is 6.78. The van der Waals surface area contributed by atoms with Gasteiger partial charge in [-0.3, -0.25) is 4.79 Å². The molecule has 1 spiro atoms. The molecule has 0 amide bonds. The molecule has 0 saturated carbocycles. The van der Waals surface area contributed by atoms with E-state index in [4.69, 9.17) is 4.84 Å². The van der Waals surface area contributed by atoms with Crippen molar-refractivity contribution in [1.82, 2.24) is 0 Å². The molecule has 2 rings (SSSR count). The number of nitrogens with zero attached hydrogens (tertiary/aromatic N) is 1. The van der Waals surface area contributed by atoms with Gasteiger partial charge >= 0.3 is 0 Å². The van der Waals surface area contributed by atoms with Crippen molar-refractivity contribution in [3.63, 3.8) is 0 Å². The quantitative estimate of drug-likeness (QED) is 0.538. The smallest absolute Gasteiger partial charge is 0.180 e. The minimum atomic E-state index is -0.460. The molecule has 0 aromatic carbocycles. The highest BCUT2D eigenvalue weighted by Gasteiger charge is 2.34. The summed E-state index contributed by atoms with van der Waals surface area (Å²) < 4.78 is 0. The fourth-order valence-corrected chi connectivity index (χ4v) is 1.36. The van der Waals surface area contributed by atoms with Gasteiger partial charge in [0.2, 0.25) is 0 Å². The Morgan fingerprint density at radius 2 is 2.17 bits per heavy atom. The van der Waals surface area contributed by atoms with Crippen LogP contribution in [-0.4, -0.2) is 17.1 Å². The van der Waals surface area contributed by atoms with E-state index in [9.17, 15) is 4.79 Å². The van der Waals surface area contributed by atoms with Gasteiger partial charge in [-0.15, -0.1) is 0 Å². The van der Waals surface area contributed by atoms with Crippen LogP contribution in [0.2, 0.25) is 0 Å². The summed E-state index contributed by atoms with van der Waals surface area (Å²) >= 11 is 0. The van der Waals surface area contributed by atoms with E-state index in [2.05, 4.69) is 5.16 Å². The van der Waals surface area contributed by atoms with Gasteiger partial charge in [0.1, 0.15) is 0 Å². The van der Waals surface area contributed by atoms with Crippen LogP contribution in [0, 0.1) is 0 Å². The molecule has 0 radical (unpaired) electrons. The summed E-state index contributed by atoms with van der Waals surface area (Å²) in [6, 6.07) is 0. The van der Waals surface area contributed by atoms with Crippen molar-refractivity contribution < 1.29 is 9.63 Å². The maximum Gasteiger partial charge on any atom is 0.180 e. The summed E-state index contributed by atoms with van der Waals surface area (Å²) in [5, 5.41) is 3.84. The molecule has 2 aliphatic rings. The van der Waals surface area contributed by atoms with Crippen LogP contribution in [0.15, 0.2) is 29.5 Å². The van der Waals surface area contributed by atoms with Crippen molar-refractivity contribution in [3.8, 4) is 0 Å². The summed E-state index contributed by atoms with van der Waals surface area (Å²) in [5.41, 5.74) is 0.497. The highest BCUT2D eigenvalue weighted by molar-refractivity contribution is 6.01. The summed E-state index contributed by atoms with van der Waals surface area (Å²) in [6.07, 6.45) is 7.31. The maximum absolute atomic E-state index is 10.8. The summed E-state index contributed by atoms with van der Waals surface area (Å²) in [5.74, 6) is 0.00813. The van der Waals surface area contributed by atoms with Crippen LogP contribution in [0.25, 0.3) is 0 Å². The third kappa shape index (κ3) is 1.07. The van der Waals surface area contributed by atoms with E-state index >= 15 is 0 Å². The lowest BCUT2D eigenvalue weighted by Gasteiger charge is -2.19. The van der Waals surface area contributed by atoms with Gasteiger partial charge in [-0.05, 0) is 31.2 Å². The van der Waals surface area contributed by atoms with Crippen molar-refractivity contribution in [3.05, 3.63) is 24.3 Å². The van der Waals surface area contributed by atoms with Crippen LogP contribution in [0.1, 0.15) is 13.3 Å². The normalized spacial score (nSPS) is 24.4. The molecule has 12 heavy (non-hydrogen) atoms. The number of allylic oxidation sites excluding steroid dienone is 2. The first-order valence-electron chi connectivity index (χ1n) is 3.84. The maximum atomic E-state index is 10.8. The predicted molar refractivity (Wildman–Crippen MR) is 44.8 cm³/mol. The van der Waals surface area contributed by atoms with Crippen molar-refractivity contribution in [1.29, 1.82) is 0 Å². The lowest BCUT2D eigenvalue weighted by molar-refractivity contribution is -0.110. The van der Waals surface area contributed by atoms with Crippen LogP contribution in [0.4, 0.5) is 0 Å². The summed E-state index contributed by atoms with van der Waals surface area (Å²) in [4.78, 5) is 16.0. The molecule has 0 fully saturated rings. The number of carbonyl (C=O) groups excluding carboxylic acids is 1. The molecule has 0 aromatic rings. The minimum absolute atomic E-state index is 0.00813. The van der Waals surface area contributed by atoms with Crippen molar-refractivity contribution in [2.45, 2.75) is 18.9 Å². The van der Waals surface area contributed by atoms with Crippen molar-refractivity contribution in [2.75, 3.05) is 0 Å². The van der Waals surface area contributed by atoms with E-state index in [1.165, 1.54) is 12.2 Å². The van der Waals surface area contributed by atoms with Crippen LogP contribution in [0.3, 0.4) is 0 Å². The highest BCUT2D eigenvalue weighted by atomic mass is 16.7. The molecule has 0 aromatic heterocycles. The fourth-order valence-electron chi connectivity index (χ4n) is 1.36. The average Bonchev–Trinajstić information content (AvgIpc) is 2.40. The first-order valence-corrected chi connectivity index (χ1v) is 3.84. The first-order chi connectivity index (χ1) is 5.70. The number of oxime groups is 1. The van der Waals surface area contributed by atoms with Crippen LogP contribution in [0.5, 0.6) is 0 Å². The molecule has 3 heteroatoms. The van der Waals surface area contributed by atoms with E-state index in [0.29, 0.717) is 0 Å². The van der Waals surface area contributed by atoms with Gasteiger partial charge in [-0.1, -0.05) is 5.16 Å². The van der Waals surface area contributed by atoms with Gasteiger partial charge < -0.3 is 4.84 Å². The fraction of sp³-hybridized carbons (Fsp3) is 0.333. The monoisotopic (exact) mass is 163 g/mol. The Balaban J connectivity index is 2.22. The third-order valence-corrected chi connectivity index (χ3v) is 1.96. The number of rotatable bonds is 0. The molecule has 62 valence electrons. The van der Waals surface area contributed by atoms with E-state index in [0.717, 1.165) is 12.1 Å². The van der Waals surface area contributed by atoms with Gasteiger partial charge in [0.15, 0.2) is 11.4 Å². The Kier molecular flexibility index (Phi) is 1.40. The Morgan fingerprint density at radius 3 is 2.67 bits per heavy atom. The van der Waals surface area contributed by atoms with Gasteiger partial charge in [-0.25, -0.2) is 0 Å². The standard InChI is InChI=1S/C9H9NO2/c1-7-6-9(12-10-7)4-2-8(11)3-5-9/h2-5H,6H2,1H3. The molecule has 1 aliphatic carbocycles. The van der Waals surface area contributed by atoms with Crippen LogP contribution in [-0.2, 0) is 9.63 Å². The average molecular weight is 163 g/mol. The van der Waals surface area contributed by atoms with Gasteiger partial charge in [-0.2, -0.15) is 0 Å². The molecular weight excluding hydrogens is 154 g/mol. The molecule has 1 heterocycles. The lowest BCUT2D eigenvalue weighted by Crippen LogP contribution is -2.25. The second-order valence-electron chi connectivity index (χ2n) is 3.12. The Morgan fingerprint density at radius 1 is 1.50 bits per heavy atom. The predicted octanol–water partition coefficient (Wildman–Crippen LogP) is 1.22. The SMILES string of the molecule is CC1=NOC2(C=CC(=O)C=C2)C1. The second kappa shape index (κ2) is 2.30. The molecule has 3 nitrogen and oxygen atoms in total. The van der Waals surface area contributed by atoms with Gasteiger partial charge in [0.05, 0.1) is 5.71 Å². The molecular formula is C9H9NO2. The Bertz CT molecular complexity index is 296. The highest BCUT2D eigenvalue weighted by Crippen LogP contribution is 2.28. The number of hydrogen-bond acceptors (Lipinski definition) is 3. The third-order valence-electron chi connectivity index (χ3n) is 1.96. The van der Waals surface area contributed by atoms with E-state index in [1.54, 1.807) is 12.2 Å². The van der Waals surface area contributed by atoms with Crippen LogP contribution < -0.4 is 0 Å². The number of carbonyl (C=O) groups is 1. The lowest BCUT2D eigenvalue weighted by atomic mass is 9.93. The molecule has 1 aliphatic heterocycles. The molecule has 0 unspecified atom stereocenters. The van der Waals surface area contributed by atoms with Crippen molar-refractivity contribution in [2.24, 2.45) is 5.16 Å². The van der Waals surface area contributed by atoms with Gasteiger partial charge in [0.25, 0.3) is 0 Å². The molecule has 0 N–H and O–H groups in total. The van der Waals surface area contributed by atoms with E-state index in [-0.39, 0.29) is 5.78 Å². The second-order valence-corrected chi connectivity index (χ2v) is 3.12. The van der Waals surface area contributed by atoms with Crippen LogP contribution >= 0.6 is 0 Å². The zero-order chi connectivity index (χ0) is 8.60. The zero-order valence-electron chi connectivity index (χ0n) is 6.78. The topological polar surface area (TPSA) is 38.7 Å². The summed E-state index contributed by atoms with van der Waals surface area (Å²) in [6.45, 7) is 1.91. The van der Waals surface area contributed by atoms with Gasteiger partial charge in [0, 0.05) is 6.42 Å². The molecule has 0 atom stereocenters. The number of ketones is 1. The Hall–Kier alpha value is -1.38. The largest absolute Gasteiger partial charge is 0.380 e. The number of hydrogen-bond donors (Lipinski definition) is 0. The minimum Gasteiger partial charge on any atom is -0.380 e. The van der Waals surface area contributed by atoms with E-state index < -0.39 is 5.60 Å².